The van der Waals surface area contributed by atoms with Crippen LogP contribution in [0.15, 0.2) is 24.3 Å². The van der Waals surface area contributed by atoms with Crippen molar-refractivity contribution in [2.45, 2.75) is 12.5 Å². The van der Waals surface area contributed by atoms with Crippen molar-refractivity contribution in [3.63, 3.8) is 0 Å². The van der Waals surface area contributed by atoms with Crippen LogP contribution in [0, 0.1) is 5.92 Å². The average molecular weight is 187 g/mol. The Morgan fingerprint density at radius 3 is 2.86 bits per heavy atom. The van der Waals surface area contributed by atoms with Crippen LogP contribution >= 0.6 is 0 Å². The van der Waals surface area contributed by atoms with Gasteiger partial charge in [-0.15, -0.1) is 0 Å². The molecule has 0 bridgehead atoms. The summed E-state index contributed by atoms with van der Waals surface area (Å²) in [5.41, 5.74) is 1.76. The first-order chi connectivity index (χ1) is 6.77. The normalized spacial score (nSPS) is 28.6. The Hall–Kier alpha value is -1.64. The molecule has 0 aromatic heterocycles. The summed E-state index contributed by atoms with van der Waals surface area (Å²) in [6.45, 7) is 0. The predicted molar refractivity (Wildman–Crippen MR) is 49.8 cm³/mol. The molecule has 0 spiro atoms. The zero-order chi connectivity index (χ0) is 9.71. The highest BCUT2D eigenvalue weighted by Gasteiger charge is 2.45. The Labute approximate surface area is 81.1 Å². The van der Waals surface area contributed by atoms with Crippen LogP contribution < -0.4 is 5.32 Å². The van der Waals surface area contributed by atoms with Gasteiger partial charge >= 0.3 is 0 Å². The molecule has 0 radical (unpaired) electrons. The molecule has 1 N–H and O–H groups in total. The van der Waals surface area contributed by atoms with Crippen molar-refractivity contribution in [1.29, 1.82) is 0 Å². The van der Waals surface area contributed by atoms with Gasteiger partial charge < -0.3 is 5.32 Å². The number of benzene rings is 1. The summed E-state index contributed by atoms with van der Waals surface area (Å²) in [6.07, 6.45) is 0.345. The SMILES string of the molecule is O=C1CC2C(=O)c3ccccc3C2N1. The topological polar surface area (TPSA) is 46.2 Å². The second-order valence-corrected chi connectivity index (χ2v) is 3.81. The zero-order valence-corrected chi connectivity index (χ0v) is 7.49. The summed E-state index contributed by atoms with van der Waals surface area (Å²) < 4.78 is 0. The van der Waals surface area contributed by atoms with Crippen LogP contribution in [0.5, 0.6) is 0 Å². The molecule has 1 saturated heterocycles. The van der Waals surface area contributed by atoms with E-state index in [2.05, 4.69) is 5.32 Å². The largest absolute Gasteiger partial charge is 0.348 e. The van der Waals surface area contributed by atoms with Crippen LogP contribution in [0.3, 0.4) is 0 Å². The van der Waals surface area contributed by atoms with Crippen LogP contribution in [0.2, 0.25) is 0 Å². The summed E-state index contributed by atoms with van der Waals surface area (Å²) in [4.78, 5) is 23.0. The van der Waals surface area contributed by atoms with Gasteiger partial charge in [0.15, 0.2) is 5.78 Å². The number of carbonyl (C=O) groups excluding carboxylic acids is 2. The fraction of sp³-hybridized carbons (Fsp3) is 0.273. The third-order valence-corrected chi connectivity index (χ3v) is 3.02. The van der Waals surface area contributed by atoms with Gasteiger partial charge in [0.2, 0.25) is 5.91 Å². The Morgan fingerprint density at radius 1 is 1.21 bits per heavy atom. The fourth-order valence-electron chi connectivity index (χ4n) is 2.38. The molecule has 70 valence electrons. The highest BCUT2D eigenvalue weighted by molar-refractivity contribution is 6.06. The Bertz CT molecular complexity index is 439. The monoisotopic (exact) mass is 187 g/mol. The number of nitrogens with one attached hydrogen (secondary N) is 1. The van der Waals surface area contributed by atoms with Crippen molar-refractivity contribution >= 4 is 11.7 Å². The Balaban J connectivity index is 2.16. The summed E-state index contributed by atoms with van der Waals surface area (Å²) in [6, 6.07) is 7.45. The number of amides is 1. The molecule has 1 aromatic rings. The Kier molecular flexibility index (Phi) is 1.35. The molecule has 1 fully saturated rings. The van der Waals surface area contributed by atoms with E-state index in [-0.39, 0.29) is 23.7 Å². The van der Waals surface area contributed by atoms with E-state index in [0.29, 0.717) is 6.42 Å². The van der Waals surface area contributed by atoms with Crippen molar-refractivity contribution in [2.24, 2.45) is 5.92 Å². The van der Waals surface area contributed by atoms with Crippen LogP contribution in [-0.4, -0.2) is 11.7 Å². The van der Waals surface area contributed by atoms with E-state index in [0.717, 1.165) is 11.1 Å². The van der Waals surface area contributed by atoms with Crippen LogP contribution in [0.1, 0.15) is 28.4 Å². The maximum absolute atomic E-state index is 11.8. The number of ketones is 1. The lowest BCUT2D eigenvalue weighted by Crippen LogP contribution is -2.18. The number of carbonyl (C=O) groups is 2. The highest BCUT2D eigenvalue weighted by Crippen LogP contribution is 2.40. The summed E-state index contributed by atoms with van der Waals surface area (Å²) in [5.74, 6) is -0.0493. The molecular weight excluding hydrogens is 178 g/mol. The fourth-order valence-corrected chi connectivity index (χ4v) is 2.38. The molecule has 3 nitrogen and oxygen atoms in total. The quantitative estimate of drug-likeness (QED) is 0.660. The van der Waals surface area contributed by atoms with E-state index < -0.39 is 0 Å². The molecule has 14 heavy (non-hydrogen) atoms. The maximum Gasteiger partial charge on any atom is 0.221 e. The van der Waals surface area contributed by atoms with Gasteiger partial charge in [0.05, 0.1) is 12.0 Å². The van der Waals surface area contributed by atoms with Crippen LogP contribution in [-0.2, 0) is 4.79 Å². The standard InChI is InChI=1S/C11H9NO2/c13-9-5-8-10(12-9)6-3-1-2-4-7(6)11(8)14/h1-4,8,10H,5H2,(H,12,13). The third-order valence-electron chi connectivity index (χ3n) is 3.02. The molecule has 1 heterocycles. The van der Waals surface area contributed by atoms with Crippen molar-refractivity contribution in [2.75, 3.05) is 0 Å². The van der Waals surface area contributed by atoms with Crippen LogP contribution in [0.4, 0.5) is 0 Å². The smallest absolute Gasteiger partial charge is 0.221 e. The molecule has 1 aliphatic carbocycles. The summed E-state index contributed by atoms with van der Waals surface area (Å²) in [7, 11) is 0. The number of Topliss-reactive ketones (excluding diaryl/α,β-unsaturated/α-hetero) is 1. The van der Waals surface area contributed by atoms with E-state index >= 15 is 0 Å². The van der Waals surface area contributed by atoms with E-state index in [4.69, 9.17) is 0 Å². The van der Waals surface area contributed by atoms with Gasteiger partial charge in [0, 0.05) is 12.0 Å². The zero-order valence-electron chi connectivity index (χ0n) is 7.49. The minimum Gasteiger partial charge on any atom is -0.348 e. The van der Waals surface area contributed by atoms with Crippen molar-refractivity contribution in [1.82, 2.24) is 5.32 Å². The molecule has 2 unspecified atom stereocenters. The highest BCUT2D eigenvalue weighted by atomic mass is 16.2. The second-order valence-electron chi connectivity index (χ2n) is 3.81. The lowest BCUT2D eigenvalue weighted by Gasteiger charge is -2.07. The number of fused-ring (bicyclic) bond motifs is 3. The van der Waals surface area contributed by atoms with E-state index in [9.17, 15) is 9.59 Å². The minimum atomic E-state index is -0.153. The maximum atomic E-state index is 11.8. The second kappa shape index (κ2) is 2.44. The molecule has 2 aliphatic rings. The van der Waals surface area contributed by atoms with E-state index in [1.165, 1.54) is 0 Å². The molecule has 1 aromatic carbocycles. The Morgan fingerprint density at radius 2 is 2.00 bits per heavy atom. The minimum absolute atomic E-state index is 0.0112. The van der Waals surface area contributed by atoms with Crippen LogP contribution in [0.25, 0.3) is 0 Å². The lowest BCUT2D eigenvalue weighted by atomic mass is 10.0. The van der Waals surface area contributed by atoms with Crippen molar-refractivity contribution < 1.29 is 9.59 Å². The van der Waals surface area contributed by atoms with Crippen molar-refractivity contribution in [3.8, 4) is 0 Å². The number of hydrogen-bond donors (Lipinski definition) is 1. The van der Waals surface area contributed by atoms with Gasteiger partial charge in [-0.1, -0.05) is 24.3 Å². The predicted octanol–water partition coefficient (Wildman–Crippen LogP) is 1.06. The molecular formula is C11H9NO2. The van der Waals surface area contributed by atoms with Gasteiger partial charge in [-0.05, 0) is 5.56 Å². The van der Waals surface area contributed by atoms with Gasteiger partial charge in [-0.3, -0.25) is 9.59 Å². The van der Waals surface area contributed by atoms with Crippen molar-refractivity contribution in [3.05, 3.63) is 35.4 Å². The van der Waals surface area contributed by atoms with Gasteiger partial charge in [-0.25, -0.2) is 0 Å². The first-order valence-electron chi connectivity index (χ1n) is 4.70. The molecule has 3 rings (SSSR count). The van der Waals surface area contributed by atoms with E-state index in [1.54, 1.807) is 0 Å². The van der Waals surface area contributed by atoms with E-state index in [1.807, 2.05) is 24.3 Å². The molecule has 1 amide bonds. The lowest BCUT2D eigenvalue weighted by molar-refractivity contribution is -0.119. The van der Waals surface area contributed by atoms with Gasteiger partial charge in [-0.2, -0.15) is 0 Å². The third kappa shape index (κ3) is 0.816. The molecule has 1 aliphatic heterocycles. The van der Waals surface area contributed by atoms with Gasteiger partial charge in [0.1, 0.15) is 0 Å². The average Bonchev–Trinajstić information content (AvgIpc) is 2.68. The molecule has 3 heteroatoms. The first-order valence-corrected chi connectivity index (χ1v) is 4.70. The molecule has 0 saturated carbocycles. The number of hydrogen-bond acceptors (Lipinski definition) is 2. The number of rotatable bonds is 0. The summed E-state index contributed by atoms with van der Waals surface area (Å²) >= 11 is 0. The van der Waals surface area contributed by atoms with Gasteiger partial charge in [0.25, 0.3) is 0 Å². The summed E-state index contributed by atoms with van der Waals surface area (Å²) in [5, 5.41) is 2.84. The molecule has 2 atom stereocenters. The first kappa shape index (κ1) is 7.74.